The van der Waals surface area contributed by atoms with Crippen LogP contribution >= 0.6 is 0 Å². The highest BCUT2D eigenvalue weighted by Gasteiger charge is 2.34. The van der Waals surface area contributed by atoms with Gasteiger partial charge in [0.2, 0.25) is 0 Å². The summed E-state index contributed by atoms with van der Waals surface area (Å²) in [5.41, 5.74) is 1.61. The van der Waals surface area contributed by atoms with Crippen molar-refractivity contribution in [2.45, 2.75) is 12.5 Å². The second-order valence-electron chi connectivity index (χ2n) is 3.83. The molecular weight excluding hydrogens is 218 g/mol. The Balaban J connectivity index is 2.47. The normalized spacial score (nSPS) is 18.1. The van der Waals surface area contributed by atoms with Crippen LogP contribution < -0.4 is 0 Å². The summed E-state index contributed by atoms with van der Waals surface area (Å²) in [6, 6.07) is 6.26. The minimum atomic E-state index is -1.05. The van der Waals surface area contributed by atoms with Crippen molar-refractivity contribution in [3.8, 4) is 12.3 Å². The van der Waals surface area contributed by atoms with Crippen molar-refractivity contribution in [1.29, 1.82) is 0 Å². The van der Waals surface area contributed by atoms with E-state index in [0.29, 0.717) is 18.5 Å². The molecule has 0 bridgehead atoms. The summed E-state index contributed by atoms with van der Waals surface area (Å²) in [5, 5.41) is 9.24. The molecule has 4 heteroatoms. The number of carboxylic acids is 1. The molecule has 86 valence electrons. The Hall–Kier alpha value is -2.28. The number of carboxylic acid groups (broad SMARTS) is 1. The lowest BCUT2D eigenvalue weighted by Gasteiger charge is -2.33. The molecule has 2 rings (SSSR count). The highest BCUT2D eigenvalue weighted by Crippen LogP contribution is 2.29. The maximum Gasteiger partial charge on any atom is 0.331 e. The van der Waals surface area contributed by atoms with Gasteiger partial charge in [-0.25, -0.2) is 4.79 Å². The molecule has 0 aromatic heterocycles. The van der Waals surface area contributed by atoms with Gasteiger partial charge in [-0.05, 0) is 23.5 Å². The molecular formula is C13H11NO3. The molecule has 0 spiro atoms. The fraction of sp³-hybridized carbons (Fsp3) is 0.231. The Morgan fingerprint density at radius 3 is 2.76 bits per heavy atom. The third-order valence-corrected chi connectivity index (χ3v) is 2.90. The van der Waals surface area contributed by atoms with Gasteiger partial charge in [0.05, 0.1) is 0 Å². The highest BCUT2D eigenvalue weighted by molar-refractivity contribution is 5.96. The molecule has 1 aromatic rings. The van der Waals surface area contributed by atoms with E-state index < -0.39 is 17.9 Å². The first-order valence-electron chi connectivity index (χ1n) is 5.23. The maximum atomic E-state index is 11.5. The monoisotopic (exact) mass is 229 g/mol. The smallest absolute Gasteiger partial charge is 0.331 e. The predicted molar refractivity (Wildman–Crippen MR) is 61.1 cm³/mol. The molecule has 0 radical (unpaired) electrons. The number of hydrogen-bond donors (Lipinski definition) is 1. The number of benzene rings is 1. The molecule has 1 heterocycles. The first-order chi connectivity index (χ1) is 8.15. The quantitative estimate of drug-likeness (QED) is 0.726. The maximum absolute atomic E-state index is 11.5. The lowest BCUT2D eigenvalue weighted by Crippen LogP contribution is -2.42. The zero-order chi connectivity index (χ0) is 12.4. The summed E-state index contributed by atoms with van der Waals surface area (Å²) in [4.78, 5) is 24.0. The molecule has 1 aliphatic rings. The van der Waals surface area contributed by atoms with Crippen LogP contribution in [0.3, 0.4) is 0 Å². The van der Waals surface area contributed by atoms with E-state index in [-0.39, 0.29) is 0 Å². The number of carbonyl (C=O) groups excluding carboxylic acids is 1. The third-order valence-electron chi connectivity index (χ3n) is 2.90. The summed E-state index contributed by atoms with van der Waals surface area (Å²) in [5.74, 6) is 0.342. The van der Waals surface area contributed by atoms with Crippen molar-refractivity contribution in [1.82, 2.24) is 4.90 Å². The predicted octanol–water partition coefficient (Wildman–Crippen LogP) is 0.830. The topological polar surface area (TPSA) is 57.6 Å². The van der Waals surface area contributed by atoms with Crippen LogP contribution in [0.4, 0.5) is 0 Å². The molecule has 1 unspecified atom stereocenters. The lowest BCUT2D eigenvalue weighted by molar-refractivity contribution is -0.149. The van der Waals surface area contributed by atoms with Crippen LogP contribution in [0, 0.1) is 12.3 Å². The summed E-state index contributed by atoms with van der Waals surface area (Å²) >= 11 is 0. The largest absolute Gasteiger partial charge is 0.479 e. The fourth-order valence-corrected chi connectivity index (χ4v) is 2.13. The number of rotatable bonds is 1. The second kappa shape index (κ2) is 4.30. The molecule has 4 nitrogen and oxygen atoms in total. The lowest BCUT2D eigenvalue weighted by atomic mass is 9.92. The van der Waals surface area contributed by atoms with Gasteiger partial charge in [0.1, 0.15) is 0 Å². The van der Waals surface area contributed by atoms with Gasteiger partial charge >= 0.3 is 5.97 Å². The van der Waals surface area contributed by atoms with Gasteiger partial charge in [-0.1, -0.05) is 24.3 Å². The van der Waals surface area contributed by atoms with E-state index in [4.69, 9.17) is 6.42 Å². The van der Waals surface area contributed by atoms with E-state index in [1.165, 1.54) is 4.90 Å². The number of hydrogen-bond acceptors (Lipinski definition) is 2. The van der Waals surface area contributed by atoms with E-state index in [2.05, 4.69) is 0 Å². The molecule has 1 atom stereocenters. The third kappa shape index (κ3) is 1.87. The number of nitrogens with zero attached hydrogens (tertiary/aromatic N) is 1. The van der Waals surface area contributed by atoms with Gasteiger partial charge in [-0.15, -0.1) is 6.42 Å². The Morgan fingerprint density at radius 2 is 2.12 bits per heavy atom. The van der Waals surface area contributed by atoms with Crippen LogP contribution in [0.1, 0.15) is 17.2 Å². The van der Waals surface area contributed by atoms with Crippen molar-refractivity contribution < 1.29 is 14.7 Å². The molecule has 0 aliphatic carbocycles. The number of carbonyl (C=O) groups is 2. The van der Waals surface area contributed by atoms with Gasteiger partial charge in [0, 0.05) is 6.54 Å². The van der Waals surface area contributed by atoms with Gasteiger partial charge in [0.15, 0.2) is 6.04 Å². The second-order valence-corrected chi connectivity index (χ2v) is 3.83. The van der Waals surface area contributed by atoms with E-state index >= 15 is 0 Å². The van der Waals surface area contributed by atoms with Gasteiger partial charge in [0.25, 0.3) is 5.91 Å². The van der Waals surface area contributed by atoms with Crippen molar-refractivity contribution in [2.24, 2.45) is 0 Å². The van der Waals surface area contributed by atoms with Crippen molar-refractivity contribution in [3.05, 3.63) is 35.4 Å². The van der Waals surface area contributed by atoms with Crippen LogP contribution in [-0.2, 0) is 16.0 Å². The van der Waals surface area contributed by atoms with Gasteiger partial charge in [-0.3, -0.25) is 4.79 Å². The number of amides is 1. The SMILES string of the molecule is C#CC(=O)N1CCc2ccccc2C1C(=O)O. The zero-order valence-corrected chi connectivity index (χ0v) is 9.09. The first-order valence-corrected chi connectivity index (χ1v) is 5.23. The molecule has 1 amide bonds. The van der Waals surface area contributed by atoms with Crippen molar-refractivity contribution in [3.63, 3.8) is 0 Å². The average Bonchev–Trinajstić information content (AvgIpc) is 2.36. The standard InChI is InChI=1S/C13H11NO3/c1-2-11(15)14-8-7-9-5-3-4-6-10(9)12(14)13(16)17/h1,3-6,12H,7-8H2,(H,16,17). The summed E-state index contributed by atoms with van der Waals surface area (Å²) in [6.45, 7) is 0.344. The van der Waals surface area contributed by atoms with Gasteiger partial charge in [-0.2, -0.15) is 0 Å². The van der Waals surface area contributed by atoms with E-state index in [0.717, 1.165) is 5.56 Å². The molecule has 1 aliphatic heterocycles. The molecule has 0 saturated heterocycles. The Morgan fingerprint density at radius 1 is 1.41 bits per heavy atom. The minimum absolute atomic E-state index is 0.344. The summed E-state index contributed by atoms with van der Waals surface area (Å²) in [7, 11) is 0. The molecule has 1 aromatic carbocycles. The summed E-state index contributed by atoms with van der Waals surface area (Å²) < 4.78 is 0. The van der Waals surface area contributed by atoms with Crippen molar-refractivity contribution in [2.75, 3.05) is 6.54 Å². The van der Waals surface area contributed by atoms with E-state index in [1.54, 1.807) is 12.1 Å². The zero-order valence-electron chi connectivity index (χ0n) is 9.09. The highest BCUT2D eigenvalue weighted by atomic mass is 16.4. The number of aliphatic carboxylic acids is 1. The average molecular weight is 229 g/mol. The Bertz CT molecular complexity index is 516. The van der Waals surface area contributed by atoms with E-state index in [1.807, 2.05) is 18.1 Å². The van der Waals surface area contributed by atoms with Crippen LogP contribution in [0.15, 0.2) is 24.3 Å². The van der Waals surface area contributed by atoms with E-state index in [9.17, 15) is 14.7 Å². The van der Waals surface area contributed by atoms with Crippen LogP contribution in [0.5, 0.6) is 0 Å². The molecule has 1 N–H and O–H groups in total. The van der Waals surface area contributed by atoms with Gasteiger partial charge < -0.3 is 10.0 Å². The van der Waals surface area contributed by atoms with Crippen molar-refractivity contribution >= 4 is 11.9 Å². The molecule has 0 fully saturated rings. The Kier molecular flexibility index (Phi) is 2.84. The Labute approximate surface area is 98.9 Å². The molecule has 0 saturated carbocycles. The van der Waals surface area contributed by atoms with Crippen LogP contribution in [0.2, 0.25) is 0 Å². The minimum Gasteiger partial charge on any atom is -0.479 e. The molecule has 17 heavy (non-hydrogen) atoms. The number of fused-ring (bicyclic) bond motifs is 1. The first kappa shape index (κ1) is 11.2. The summed E-state index contributed by atoms with van der Waals surface area (Å²) in [6.07, 6.45) is 5.68. The fourth-order valence-electron chi connectivity index (χ4n) is 2.13. The van der Waals surface area contributed by atoms with Crippen LogP contribution in [0.25, 0.3) is 0 Å². The van der Waals surface area contributed by atoms with Crippen LogP contribution in [-0.4, -0.2) is 28.4 Å². The number of terminal acetylenes is 1.